The molecule has 1 aromatic heterocycles. The molecule has 0 radical (unpaired) electrons. The summed E-state index contributed by atoms with van der Waals surface area (Å²) in [4.78, 5) is 43.6. The number of aliphatic hydroxyl groups is 1. The van der Waals surface area contributed by atoms with Crippen LogP contribution in [0.2, 0.25) is 0 Å². The smallest absolute Gasteiger partial charge is 0.247 e. The lowest BCUT2D eigenvalue weighted by atomic mass is 9.65. The molecular formula is C29H34N6O5. The Morgan fingerprint density at radius 1 is 1.10 bits per heavy atom. The molecule has 40 heavy (non-hydrogen) atoms. The normalized spacial score (nSPS) is 29.5. The maximum atomic E-state index is 14.2. The Bertz CT molecular complexity index is 1440. The summed E-state index contributed by atoms with van der Waals surface area (Å²) in [6.45, 7) is 3.56. The SMILES string of the molecule is CC[C@@H](CO)N1C(=O)[C@@H]2[C@@H](C(=O)Nc3ccccc3)[C@@]3(CC)CCC2(O3)C1C(=O)NCn1nnc2ccccc21. The molecule has 3 aliphatic heterocycles. The predicted molar refractivity (Wildman–Crippen MR) is 146 cm³/mol. The Morgan fingerprint density at radius 2 is 1.85 bits per heavy atom. The maximum Gasteiger partial charge on any atom is 0.247 e. The van der Waals surface area contributed by atoms with Gasteiger partial charge in [-0.05, 0) is 49.9 Å². The lowest BCUT2D eigenvalue weighted by Gasteiger charge is -2.37. The second-order valence-electron chi connectivity index (χ2n) is 11.0. The first-order valence-electron chi connectivity index (χ1n) is 13.9. The molecule has 3 saturated heterocycles. The zero-order valence-electron chi connectivity index (χ0n) is 22.6. The van der Waals surface area contributed by atoms with Crippen molar-refractivity contribution >= 4 is 34.4 Å². The summed E-state index contributed by atoms with van der Waals surface area (Å²) < 4.78 is 8.36. The van der Waals surface area contributed by atoms with Crippen molar-refractivity contribution in [2.24, 2.45) is 11.8 Å². The summed E-state index contributed by atoms with van der Waals surface area (Å²) >= 11 is 0. The van der Waals surface area contributed by atoms with Gasteiger partial charge in [0.25, 0.3) is 0 Å². The van der Waals surface area contributed by atoms with Crippen LogP contribution in [0.4, 0.5) is 5.69 Å². The number of nitrogens with one attached hydrogen (secondary N) is 2. The molecule has 210 valence electrons. The highest BCUT2D eigenvalue weighted by atomic mass is 16.5. The lowest BCUT2D eigenvalue weighted by molar-refractivity contribution is -0.150. The summed E-state index contributed by atoms with van der Waals surface area (Å²) in [6.07, 6.45) is 2.00. The van der Waals surface area contributed by atoms with Gasteiger partial charge in [0.15, 0.2) is 0 Å². The van der Waals surface area contributed by atoms with Crippen LogP contribution >= 0.6 is 0 Å². The Balaban J connectivity index is 1.35. The molecule has 6 atom stereocenters. The van der Waals surface area contributed by atoms with E-state index in [-0.39, 0.29) is 25.1 Å². The molecule has 2 aromatic carbocycles. The second-order valence-corrected chi connectivity index (χ2v) is 11.0. The van der Waals surface area contributed by atoms with Crippen molar-refractivity contribution in [3.8, 4) is 0 Å². The maximum absolute atomic E-state index is 14.2. The first-order valence-corrected chi connectivity index (χ1v) is 13.9. The number of nitrogens with zero attached hydrogens (tertiary/aromatic N) is 4. The number of likely N-dealkylation sites (tertiary alicyclic amines) is 1. The Morgan fingerprint density at radius 3 is 2.58 bits per heavy atom. The third-order valence-electron chi connectivity index (χ3n) is 9.09. The lowest BCUT2D eigenvalue weighted by Crippen LogP contribution is -2.58. The van der Waals surface area contributed by atoms with Crippen molar-refractivity contribution in [3.05, 3.63) is 54.6 Å². The van der Waals surface area contributed by atoms with Crippen LogP contribution in [0.5, 0.6) is 0 Å². The van der Waals surface area contributed by atoms with E-state index in [4.69, 9.17) is 4.74 Å². The molecule has 11 heteroatoms. The van der Waals surface area contributed by atoms with Crippen LogP contribution in [-0.4, -0.2) is 72.6 Å². The third kappa shape index (κ3) is 3.82. The topological polar surface area (TPSA) is 139 Å². The van der Waals surface area contributed by atoms with E-state index in [1.54, 1.807) is 16.8 Å². The molecule has 6 rings (SSSR count). The van der Waals surface area contributed by atoms with Crippen LogP contribution in [0.3, 0.4) is 0 Å². The van der Waals surface area contributed by atoms with E-state index in [0.29, 0.717) is 36.9 Å². The fourth-order valence-corrected chi connectivity index (χ4v) is 7.19. The fourth-order valence-electron chi connectivity index (χ4n) is 7.19. The number of aromatic nitrogens is 3. The van der Waals surface area contributed by atoms with Gasteiger partial charge in [0.1, 0.15) is 23.8 Å². The largest absolute Gasteiger partial charge is 0.394 e. The minimum atomic E-state index is -1.18. The molecule has 2 unspecified atom stereocenters. The minimum Gasteiger partial charge on any atom is -0.394 e. The van der Waals surface area contributed by atoms with Crippen LogP contribution in [-0.2, 0) is 25.8 Å². The number of rotatable bonds is 9. The third-order valence-corrected chi connectivity index (χ3v) is 9.09. The number of para-hydroxylation sites is 2. The van der Waals surface area contributed by atoms with Gasteiger partial charge in [-0.2, -0.15) is 0 Å². The van der Waals surface area contributed by atoms with Gasteiger partial charge in [-0.3, -0.25) is 14.4 Å². The molecule has 3 amide bonds. The van der Waals surface area contributed by atoms with Crippen LogP contribution in [0.25, 0.3) is 11.0 Å². The van der Waals surface area contributed by atoms with Gasteiger partial charge in [0.05, 0.1) is 35.6 Å². The molecule has 3 aromatic rings. The average Bonchev–Trinajstić information content (AvgIpc) is 3.70. The van der Waals surface area contributed by atoms with Crippen molar-refractivity contribution in [2.45, 2.75) is 69.5 Å². The highest BCUT2D eigenvalue weighted by Crippen LogP contribution is 2.64. The highest BCUT2D eigenvalue weighted by Gasteiger charge is 2.79. The molecule has 3 aliphatic rings. The molecule has 1 spiro atoms. The van der Waals surface area contributed by atoms with Crippen molar-refractivity contribution in [1.82, 2.24) is 25.2 Å². The second kappa shape index (κ2) is 9.97. The number of aliphatic hydroxyl groups excluding tert-OH is 1. The minimum absolute atomic E-state index is 0.0470. The zero-order valence-corrected chi connectivity index (χ0v) is 22.6. The van der Waals surface area contributed by atoms with Gasteiger partial charge in [-0.1, -0.05) is 49.4 Å². The molecule has 0 saturated carbocycles. The molecule has 0 aliphatic carbocycles. The quantitative estimate of drug-likeness (QED) is 0.373. The van der Waals surface area contributed by atoms with E-state index in [2.05, 4.69) is 20.9 Å². The first kappa shape index (κ1) is 26.4. The summed E-state index contributed by atoms with van der Waals surface area (Å²) in [5.74, 6) is -2.63. The van der Waals surface area contributed by atoms with Gasteiger partial charge < -0.3 is 25.4 Å². The number of carbonyl (C=O) groups excluding carboxylic acids is 3. The zero-order chi connectivity index (χ0) is 28.1. The Labute approximate surface area is 231 Å². The highest BCUT2D eigenvalue weighted by molar-refractivity contribution is 6.02. The fraction of sp³-hybridized carbons (Fsp3) is 0.483. The van der Waals surface area contributed by atoms with Crippen molar-refractivity contribution in [2.75, 3.05) is 11.9 Å². The monoisotopic (exact) mass is 546 g/mol. The van der Waals surface area contributed by atoms with Gasteiger partial charge in [-0.25, -0.2) is 4.68 Å². The Hall–Kier alpha value is -3.83. The molecule has 3 N–H and O–H groups in total. The number of anilines is 1. The number of hydrogen-bond acceptors (Lipinski definition) is 7. The average molecular weight is 547 g/mol. The summed E-state index contributed by atoms with van der Waals surface area (Å²) in [7, 11) is 0. The Kier molecular flexibility index (Phi) is 6.58. The van der Waals surface area contributed by atoms with Crippen LogP contribution < -0.4 is 10.6 Å². The number of carbonyl (C=O) groups is 3. The number of fused-ring (bicyclic) bond motifs is 2. The van der Waals surface area contributed by atoms with Gasteiger partial charge in [-0.15, -0.1) is 5.10 Å². The van der Waals surface area contributed by atoms with E-state index in [1.807, 2.05) is 56.3 Å². The number of hydrogen-bond donors (Lipinski definition) is 3. The van der Waals surface area contributed by atoms with Crippen molar-refractivity contribution < 1.29 is 24.2 Å². The number of ether oxygens (including phenoxy) is 1. The van der Waals surface area contributed by atoms with E-state index < -0.39 is 41.0 Å². The van der Waals surface area contributed by atoms with Crippen molar-refractivity contribution in [1.29, 1.82) is 0 Å². The number of benzene rings is 2. The van der Waals surface area contributed by atoms with Gasteiger partial charge in [0.2, 0.25) is 17.7 Å². The number of amides is 3. The van der Waals surface area contributed by atoms with Gasteiger partial charge in [0, 0.05) is 5.69 Å². The molecule has 4 heterocycles. The summed E-state index contributed by atoms with van der Waals surface area (Å²) in [5.41, 5.74) is 0.0689. The van der Waals surface area contributed by atoms with Crippen LogP contribution in [0, 0.1) is 11.8 Å². The molecule has 2 bridgehead atoms. The first-order chi connectivity index (χ1) is 19.4. The van der Waals surface area contributed by atoms with E-state index >= 15 is 0 Å². The van der Waals surface area contributed by atoms with Crippen LogP contribution in [0.1, 0.15) is 39.5 Å². The van der Waals surface area contributed by atoms with Crippen LogP contribution in [0.15, 0.2) is 54.6 Å². The van der Waals surface area contributed by atoms with Crippen molar-refractivity contribution in [3.63, 3.8) is 0 Å². The molecular weight excluding hydrogens is 512 g/mol. The molecule has 3 fully saturated rings. The standard InChI is InChI=1S/C29H34N6O5/c1-3-19(16-36)35-24(26(38)30-17-34-21-13-9-8-12-20(21)32-33-34)29-15-14-28(4-2,40-29)22(23(29)27(35)39)25(37)31-18-10-6-5-7-11-18/h5-13,19,22-24,36H,3-4,14-17H2,1-2H3,(H,30,38)(H,31,37)/t19-,22-,23-,24?,28+,29?/m0/s1. The predicted octanol–water partition coefficient (Wildman–Crippen LogP) is 2.07. The summed E-state index contributed by atoms with van der Waals surface area (Å²) in [6, 6.07) is 15.0. The van der Waals surface area contributed by atoms with E-state index in [0.717, 1.165) is 5.52 Å². The van der Waals surface area contributed by atoms with Gasteiger partial charge >= 0.3 is 0 Å². The summed E-state index contributed by atoms with van der Waals surface area (Å²) in [5, 5.41) is 24.4. The van der Waals surface area contributed by atoms with E-state index in [9.17, 15) is 19.5 Å². The molecule has 11 nitrogen and oxygen atoms in total. The van der Waals surface area contributed by atoms with E-state index in [1.165, 1.54) is 4.90 Å².